The summed E-state index contributed by atoms with van der Waals surface area (Å²) in [4.78, 5) is 14.1. The van der Waals surface area contributed by atoms with Crippen LogP contribution in [-0.2, 0) is 14.6 Å². The van der Waals surface area contributed by atoms with E-state index in [4.69, 9.17) is 0 Å². The third-order valence-electron chi connectivity index (χ3n) is 4.44. The van der Waals surface area contributed by atoms with Crippen molar-refractivity contribution in [1.82, 2.24) is 10.2 Å². The van der Waals surface area contributed by atoms with Crippen molar-refractivity contribution in [3.63, 3.8) is 0 Å². The fraction of sp³-hybridized carbons (Fsp3) is 0.933. The van der Waals surface area contributed by atoms with Gasteiger partial charge in [-0.3, -0.25) is 4.79 Å². The Balaban J connectivity index is 1.93. The van der Waals surface area contributed by atoms with Crippen LogP contribution in [0.4, 0.5) is 0 Å². The molecule has 0 spiro atoms. The number of sulfone groups is 1. The second-order valence-corrected chi connectivity index (χ2v) is 10.2. The van der Waals surface area contributed by atoms with Crippen molar-refractivity contribution in [3.8, 4) is 0 Å². The predicted molar refractivity (Wildman–Crippen MR) is 83.9 cm³/mol. The van der Waals surface area contributed by atoms with Crippen LogP contribution in [0.3, 0.4) is 0 Å². The molecule has 5 nitrogen and oxygen atoms in total. The summed E-state index contributed by atoms with van der Waals surface area (Å²) in [5.41, 5.74) is 0.0792. The van der Waals surface area contributed by atoms with E-state index in [2.05, 4.69) is 33.0 Å². The Kier molecular flexibility index (Phi) is 4.42. The minimum absolute atomic E-state index is 0.0396. The highest BCUT2D eigenvalue weighted by Gasteiger charge is 2.39. The number of amides is 1. The maximum absolute atomic E-state index is 12.4. The lowest BCUT2D eigenvalue weighted by Gasteiger charge is -2.46. The highest BCUT2D eigenvalue weighted by molar-refractivity contribution is 7.91. The molecule has 0 aliphatic carbocycles. The summed E-state index contributed by atoms with van der Waals surface area (Å²) in [5.74, 6) is 0.704. The van der Waals surface area contributed by atoms with Crippen molar-refractivity contribution in [2.24, 2.45) is 5.92 Å². The minimum Gasteiger partial charge on any atom is -0.341 e. The molecule has 6 heteroatoms. The van der Waals surface area contributed by atoms with Gasteiger partial charge in [-0.05, 0) is 46.5 Å². The van der Waals surface area contributed by atoms with Gasteiger partial charge in [0, 0.05) is 30.6 Å². The van der Waals surface area contributed by atoms with E-state index >= 15 is 0 Å². The molecule has 1 N–H and O–H groups in total. The van der Waals surface area contributed by atoms with Gasteiger partial charge in [-0.2, -0.15) is 0 Å². The van der Waals surface area contributed by atoms with Gasteiger partial charge in [0.25, 0.3) is 0 Å². The summed E-state index contributed by atoms with van der Waals surface area (Å²) in [5, 5.41) is 3.62. The van der Waals surface area contributed by atoms with Crippen molar-refractivity contribution in [3.05, 3.63) is 0 Å². The lowest BCUT2D eigenvalue weighted by molar-refractivity contribution is -0.132. The molecule has 0 aromatic carbocycles. The van der Waals surface area contributed by atoms with E-state index in [1.807, 2.05) is 0 Å². The Morgan fingerprint density at radius 2 is 1.57 bits per heavy atom. The lowest BCUT2D eigenvalue weighted by atomic mass is 9.74. The molecule has 2 aliphatic rings. The van der Waals surface area contributed by atoms with Crippen LogP contribution in [0.15, 0.2) is 0 Å². The monoisotopic (exact) mass is 316 g/mol. The fourth-order valence-electron chi connectivity index (χ4n) is 4.02. The van der Waals surface area contributed by atoms with Crippen LogP contribution in [0, 0.1) is 5.92 Å². The summed E-state index contributed by atoms with van der Waals surface area (Å²) in [6, 6.07) is 0. The Bertz CT molecular complexity index is 481. The smallest absolute Gasteiger partial charge is 0.222 e. The molecule has 1 amide bonds. The quantitative estimate of drug-likeness (QED) is 0.831. The predicted octanol–water partition coefficient (Wildman–Crippen LogP) is 1.19. The van der Waals surface area contributed by atoms with Crippen LogP contribution in [0.5, 0.6) is 0 Å². The molecule has 0 aromatic heterocycles. The third kappa shape index (κ3) is 4.68. The second kappa shape index (κ2) is 5.54. The zero-order chi connectivity index (χ0) is 15.9. The van der Waals surface area contributed by atoms with E-state index < -0.39 is 9.84 Å². The topological polar surface area (TPSA) is 66.5 Å². The molecule has 0 unspecified atom stereocenters. The van der Waals surface area contributed by atoms with Gasteiger partial charge >= 0.3 is 0 Å². The van der Waals surface area contributed by atoms with Gasteiger partial charge in [-0.25, -0.2) is 8.42 Å². The Morgan fingerprint density at radius 1 is 1.10 bits per heavy atom. The molecule has 2 saturated heterocycles. The highest BCUT2D eigenvalue weighted by atomic mass is 32.2. The van der Waals surface area contributed by atoms with Gasteiger partial charge in [0.15, 0.2) is 9.84 Å². The van der Waals surface area contributed by atoms with Crippen molar-refractivity contribution in [2.75, 3.05) is 24.6 Å². The van der Waals surface area contributed by atoms with Crippen molar-refractivity contribution in [1.29, 1.82) is 0 Å². The van der Waals surface area contributed by atoms with Crippen LogP contribution >= 0.6 is 0 Å². The average molecular weight is 316 g/mol. The Morgan fingerprint density at radius 3 is 2.05 bits per heavy atom. The number of nitrogens with one attached hydrogen (secondary N) is 1. The van der Waals surface area contributed by atoms with Crippen LogP contribution < -0.4 is 5.32 Å². The molecule has 0 atom stereocenters. The van der Waals surface area contributed by atoms with Crippen LogP contribution in [0.25, 0.3) is 0 Å². The maximum atomic E-state index is 12.4. The molecule has 0 saturated carbocycles. The standard InChI is InChI=1S/C15H28N2O3S/c1-14(2)10-12(11-15(3,4)16-14)9-13(18)17-5-7-21(19,20)8-6-17/h12,16H,5-11H2,1-4H3. The molecule has 2 heterocycles. The highest BCUT2D eigenvalue weighted by Crippen LogP contribution is 2.34. The molecule has 0 aromatic rings. The Hall–Kier alpha value is -0.620. The van der Waals surface area contributed by atoms with Crippen LogP contribution in [0.1, 0.15) is 47.0 Å². The first-order valence-corrected chi connectivity index (χ1v) is 9.58. The number of nitrogens with zero attached hydrogens (tertiary/aromatic N) is 1. The summed E-state index contributed by atoms with van der Waals surface area (Å²) in [6.45, 7) is 9.44. The second-order valence-electron chi connectivity index (χ2n) is 7.90. The van der Waals surface area contributed by atoms with E-state index in [0.29, 0.717) is 25.4 Å². The first-order valence-electron chi connectivity index (χ1n) is 7.76. The van der Waals surface area contributed by atoms with E-state index in [0.717, 1.165) is 12.8 Å². The maximum Gasteiger partial charge on any atom is 0.222 e. The fourth-order valence-corrected chi connectivity index (χ4v) is 5.22. The summed E-state index contributed by atoms with van der Waals surface area (Å²) >= 11 is 0. The summed E-state index contributed by atoms with van der Waals surface area (Å²) in [7, 11) is -2.92. The normalized spacial score (nSPS) is 28.3. The van der Waals surface area contributed by atoms with Gasteiger partial charge in [0.05, 0.1) is 11.5 Å². The minimum atomic E-state index is -2.92. The molecule has 0 radical (unpaired) electrons. The summed E-state index contributed by atoms with van der Waals surface area (Å²) < 4.78 is 22.9. The van der Waals surface area contributed by atoms with Crippen molar-refractivity contribution >= 4 is 15.7 Å². The summed E-state index contributed by atoms with van der Waals surface area (Å²) in [6.07, 6.45) is 2.50. The number of hydrogen-bond acceptors (Lipinski definition) is 4. The van der Waals surface area contributed by atoms with Gasteiger partial charge in [-0.15, -0.1) is 0 Å². The lowest BCUT2D eigenvalue weighted by Crippen LogP contribution is -2.58. The van der Waals surface area contributed by atoms with Crippen LogP contribution in [-0.4, -0.2) is 54.9 Å². The van der Waals surface area contributed by atoms with Gasteiger partial charge in [-0.1, -0.05) is 0 Å². The first kappa shape index (κ1) is 16.7. The van der Waals surface area contributed by atoms with E-state index in [1.54, 1.807) is 4.90 Å². The van der Waals surface area contributed by atoms with E-state index in [9.17, 15) is 13.2 Å². The number of carbonyl (C=O) groups excluding carboxylic acids is 1. The van der Waals surface area contributed by atoms with Gasteiger partial charge < -0.3 is 10.2 Å². The zero-order valence-electron chi connectivity index (χ0n) is 13.6. The largest absolute Gasteiger partial charge is 0.341 e. The molecular formula is C15H28N2O3S. The van der Waals surface area contributed by atoms with Crippen LogP contribution in [0.2, 0.25) is 0 Å². The molecular weight excluding hydrogens is 288 g/mol. The number of piperidine rings is 1. The van der Waals surface area contributed by atoms with Crippen molar-refractivity contribution in [2.45, 2.75) is 58.0 Å². The molecule has 2 rings (SSSR count). The third-order valence-corrected chi connectivity index (χ3v) is 6.04. The average Bonchev–Trinajstić information content (AvgIpc) is 2.23. The molecule has 122 valence electrons. The number of hydrogen-bond donors (Lipinski definition) is 1. The number of rotatable bonds is 2. The van der Waals surface area contributed by atoms with E-state index in [1.165, 1.54) is 0 Å². The van der Waals surface area contributed by atoms with E-state index in [-0.39, 0.29) is 28.5 Å². The molecule has 2 fully saturated rings. The zero-order valence-corrected chi connectivity index (χ0v) is 14.4. The molecule has 21 heavy (non-hydrogen) atoms. The van der Waals surface area contributed by atoms with Gasteiger partial charge in [0.1, 0.15) is 0 Å². The van der Waals surface area contributed by atoms with Crippen molar-refractivity contribution < 1.29 is 13.2 Å². The molecule has 0 bridgehead atoms. The first-order chi connectivity index (χ1) is 9.48. The SMILES string of the molecule is CC1(C)CC(CC(=O)N2CCS(=O)(=O)CC2)CC(C)(C)N1. The number of carbonyl (C=O) groups is 1. The Labute approximate surface area is 128 Å². The van der Waals surface area contributed by atoms with Gasteiger partial charge in [0.2, 0.25) is 5.91 Å². The molecule has 2 aliphatic heterocycles.